The lowest BCUT2D eigenvalue weighted by Crippen LogP contribution is -2.31. The zero-order valence-corrected chi connectivity index (χ0v) is 10.9. The molecule has 0 aromatic carbocycles. The topological polar surface area (TPSA) is 66.1 Å². The van der Waals surface area contributed by atoms with Crippen molar-refractivity contribution in [1.29, 1.82) is 0 Å². The Bertz CT molecular complexity index is 404. The van der Waals surface area contributed by atoms with Crippen LogP contribution >= 0.6 is 11.6 Å². The molecule has 0 amide bonds. The Hall–Kier alpha value is -0.590. The third-order valence-corrected chi connectivity index (χ3v) is 4.76. The number of imidazole rings is 1. The van der Waals surface area contributed by atoms with Crippen molar-refractivity contribution in [1.82, 2.24) is 14.3 Å². The van der Waals surface area contributed by atoms with E-state index in [1.807, 2.05) is 6.92 Å². The highest BCUT2D eigenvalue weighted by Crippen LogP contribution is 2.09. The fraction of sp³-hybridized carbons (Fsp3) is 0.667. The second-order valence-corrected chi connectivity index (χ2v) is 6.26. The molecule has 92 valence electrons. The van der Waals surface area contributed by atoms with Gasteiger partial charge in [0.15, 0.2) is 0 Å². The average Bonchev–Trinajstić information content (AvgIpc) is 2.69. The highest BCUT2D eigenvalue weighted by atomic mass is 35.5. The van der Waals surface area contributed by atoms with Crippen LogP contribution in [-0.2, 0) is 16.6 Å². The SMILES string of the molecule is CC(CCl)CS(=O)(=O)N(C)Cc1ncc[nH]1. The quantitative estimate of drug-likeness (QED) is 0.782. The predicted octanol–water partition coefficient (Wildman–Crippen LogP) is 1.05. The first kappa shape index (κ1) is 13.5. The molecule has 1 atom stereocenters. The number of alkyl halides is 1. The molecular weight excluding hydrogens is 250 g/mol. The number of H-pyrrole nitrogens is 1. The first-order chi connectivity index (χ1) is 7.45. The van der Waals surface area contributed by atoms with Gasteiger partial charge in [0, 0.05) is 25.3 Å². The van der Waals surface area contributed by atoms with Crippen LogP contribution in [0, 0.1) is 5.92 Å². The van der Waals surface area contributed by atoms with Crippen molar-refractivity contribution >= 4 is 21.6 Å². The van der Waals surface area contributed by atoms with Gasteiger partial charge in [0.05, 0.1) is 12.3 Å². The van der Waals surface area contributed by atoms with Gasteiger partial charge in [0.1, 0.15) is 5.82 Å². The molecule has 0 spiro atoms. The number of halogens is 1. The molecule has 0 saturated carbocycles. The lowest BCUT2D eigenvalue weighted by Gasteiger charge is -2.17. The normalized spacial score (nSPS) is 14.2. The van der Waals surface area contributed by atoms with Gasteiger partial charge in [-0.2, -0.15) is 4.31 Å². The average molecular weight is 266 g/mol. The number of rotatable bonds is 6. The van der Waals surface area contributed by atoms with Gasteiger partial charge in [-0.1, -0.05) is 6.92 Å². The Labute approximate surface area is 101 Å². The van der Waals surface area contributed by atoms with Gasteiger partial charge >= 0.3 is 0 Å². The number of nitrogens with zero attached hydrogens (tertiary/aromatic N) is 2. The van der Waals surface area contributed by atoms with Gasteiger partial charge in [-0.15, -0.1) is 11.6 Å². The van der Waals surface area contributed by atoms with E-state index in [1.54, 1.807) is 19.4 Å². The largest absolute Gasteiger partial charge is 0.347 e. The number of hydrogen-bond donors (Lipinski definition) is 1. The minimum atomic E-state index is -3.26. The van der Waals surface area contributed by atoms with Gasteiger partial charge in [0.25, 0.3) is 0 Å². The lowest BCUT2D eigenvalue weighted by atomic mass is 10.3. The van der Waals surface area contributed by atoms with Crippen LogP contribution in [0.2, 0.25) is 0 Å². The maximum atomic E-state index is 11.9. The Balaban J connectivity index is 2.62. The minimum absolute atomic E-state index is 0.0503. The van der Waals surface area contributed by atoms with Crippen molar-refractivity contribution in [2.45, 2.75) is 13.5 Å². The number of hydrogen-bond acceptors (Lipinski definition) is 3. The Kier molecular flexibility index (Phi) is 4.76. The molecule has 0 aliphatic heterocycles. The summed E-state index contributed by atoms with van der Waals surface area (Å²) in [7, 11) is -1.72. The summed E-state index contributed by atoms with van der Waals surface area (Å²) in [5.41, 5.74) is 0. The summed E-state index contributed by atoms with van der Waals surface area (Å²) in [6, 6.07) is 0. The fourth-order valence-electron chi connectivity index (χ4n) is 1.23. The van der Waals surface area contributed by atoms with Gasteiger partial charge < -0.3 is 4.98 Å². The molecule has 7 heteroatoms. The number of nitrogens with one attached hydrogen (secondary N) is 1. The van der Waals surface area contributed by atoms with Crippen LogP contribution < -0.4 is 0 Å². The Morgan fingerprint density at radius 1 is 1.62 bits per heavy atom. The van der Waals surface area contributed by atoms with Crippen LogP contribution in [0.5, 0.6) is 0 Å². The zero-order chi connectivity index (χ0) is 12.2. The molecule has 0 saturated heterocycles. The minimum Gasteiger partial charge on any atom is -0.347 e. The molecule has 1 heterocycles. The molecule has 0 radical (unpaired) electrons. The van der Waals surface area contributed by atoms with E-state index in [4.69, 9.17) is 11.6 Å². The van der Waals surface area contributed by atoms with Crippen LogP contribution in [-0.4, -0.2) is 41.4 Å². The fourth-order valence-corrected chi connectivity index (χ4v) is 2.87. The standard InChI is InChI=1S/C9H16ClN3O2S/c1-8(5-10)7-16(14,15)13(2)6-9-11-3-4-12-9/h3-4,8H,5-7H2,1-2H3,(H,11,12). The number of sulfonamides is 1. The van der Waals surface area contributed by atoms with Gasteiger partial charge in [0.2, 0.25) is 10.0 Å². The molecule has 1 rings (SSSR count). The monoisotopic (exact) mass is 265 g/mol. The lowest BCUT2D eigenvalue weighted by molar-refractivity contribution is 0.452. The summed E-state index contributed by atoms with van der Waals surface area (Å²) >= 11 is 5.60. The molecule has 16 heavy (non-hydrogen) atoms. The summed E-state index contributed by atoms with van der Waals surface area (Å²) in [5, 5.41) is 0. The first-order valence-corrected chi connectivity index (χ1v) is 7.08. The smallest absolute Gasteiger partial charge is 0.214 e. The highest BCUT2D eigenvalue weighted by Gasteiger charge is 2.21. The van der Waals surface area contributed by atoms with Crippen molar-refractivity contribution in [3.05, 3.63) is 18.2 Å². The van der Waals surface area contributed by atoms with E-state index >= 15 is 0 Å². The summed E-state index contributed by atoms with van der Waals surface area (Å²) in [6.45, 7) is 2.07. The molecule has 5 nitrogen and oxygen atoms in total. The van der Waals surface area contributed by atoms with Crippen LogP contribution in [0.4, 0.5) is 0 Å². The summed E-state index contributed by atoms with van der Waals surface area (Å²) in [6.07, 6.45) is 3.26. The van der Waals surface area contributed by atoms with Crippen molar-refractivity contribution < 1.29 is 8.42 Å². The van der Waals surface area contributed by atoms with Crippen molar-refractivity contribution in [3.8, 4) is 0 Å². The van der Waals surface area contributed by atoms with Crippen molar-refractivity contribution in [3.63, 3.8) is 0 Å². The third kappa shape index (κ3) is 3.77. The summed E-state index contributed by atoms with van der Waals surface area (Å²) < 4.78 is 25.0. The summed E-state index contributed by atoms with van der Waals surface area (Å²) in [5.74, 6) is 0.983. The Morgan fingerprint density at radius 3 is 2.81 bits per heavy atom. The van der Waals surface area contributed by atoms with Gasteiger partial charge in [-0.05, 0) is 5.92 Å². The molecule has 1 aromatic heterocycles. The van der Waals surface area contributed by atoms with Crippen LogP contribution in [0.3, 0.4) is 0 Å². The maximum absolute atomic E-state index is 11.9. The number of aromatic nitrogens is 2. The summed E-state index contributed by atoms with van der Waals surface area (Å²) in [4.78, 5) is 6.85. The predicted molar refractivity (Wildman–Crippen MR) is 63.7 cm³/mol. The van der Waals surface area contributed by atoms with Crippen LogP contribution in [0.15, 0.2) is 12.4 Å². The van der Waals surface area contributed by atoms with E-state index in [-0.39, 0.29) is 18.2 Å². The molecule has 0 bridgehead atoms. The highest BCUT2D eigenvalue weighted by molar-refractivity contribution is 7.89. The number of aromatic amines is 1. The molecular formula is C9H16ClN3O2S. The van der Waals surface area contributed by atoms with E-state index in [2.05, 4.69) is 9.97 Å². The van der Waals surface area contributed by atoms with E-state index in [0.717, 1.165) is 0 Å². The van der Waals surface area contributed by atoms with Crippen LogP contribution in [0.25, 0.3) is 0 Å². The van der Waals surface area contributed by atoms with E-state index in [9.17, 15) is 8.42 Å². The molecule has 0 fully saturated rings. The zero-order valence-electron chi connectivity index (χ0n) is 9.35. The molecule has 0 aliphatic rings. The first-order valence-electron chi connectivity index (χ1n) is 4.94. The van der Waals surface area contributed by atoms with Crippen LogP contribution in [0.1, 0.15) is 12.7 Å². The van der Waals surface area contributed by atoms with Gasteiger partial charge in [-0.3, -0.25) is 0 Å². The molecule has 0 aliphatic carbocycles. The second-order valence-electron chi connectivity index (χ2n) is 3.83. The van der Waals surface area contributed by atoms with E-state index in [1.165, 1.54) is 4.31 Å². The molecule has 1 aromatic rings. The van der Waals surface area contributed by atoms with E-state index in [0.29, 0.717) is 11.7 Å². The third-order valence-electron chi connectivity index (χ3n) is 2.16. The Morgan fingerprint density at radius 2 is 2.31 bits per heavy atom. The molecule has 1 N–H and O–H groups in total. The van der Waals surface area contributed by atoms with Crippen molar-refractivity contribution in [2.75, 3.05) is 18.7 Å². The second kappa shape index (κ2) is 5.65. The molecule has 1 unspecified atom stereocenters. The van der Waals surface area contributed by atoms with Crippen molar-refractivity contribution in [2.24, 2.45) is 5.92 Å². The van der Waals surface area contributed by atoms with E-state index < -0.39 is 10.0 Å². The maximum Gasteiger partial charge on any atom is 0.214 e. The van der Waals surface area contributed by atoms with Gasteiger partial charge in [-0.25, -0.2) is 13.4 Å².